The van der Waals surface area contributed by atoms with Crippen molar-refractivity contribution in [2.75, 3.05) is 11.4 Å². The van der Waals surface area contributed by atoms with Crippen LogP contribution in [0.5, 0.6) is 0 Å². The highest BCUT2D eigenvalue weighted by Gasteiger charge is 2.25. The smallest absolute Gasteiger partial charge is 0.335 e. The van der Waals surface area contributed by atoms with Gasteiger partial charge in [0, 0.05) is 18.2 Å². The van der Waals surface area contributed by atoms with Gasteiger partial charge in [0.2, 0.25) is 5.91 Å². The van der Waals surface area contributed by atoms with Crippen LogP contribution in [-0.4, -0.2) is 23.5 Å². The first-order chi connectivity index (χ1) is 8.50. The van der Waals surface area contributed by atoms with E-state index in [4.69, 9.17) is 5.11 Å². The van der Waals surface area contributed by atoms with E-state index in [-0.39, 0.29) is 17.4 Å². The summed E-state index contributed by atoms with van der Waals surface area (Å²) in [5.74, 6) is -0.983. The fraction of sp³-hybridized carbons (Fsp3) is 0.429. The molecule has 1 aromatic carbocycles. The molecule has 1 aliphatic heterocycles. The van der Waals surface area contributed by atoms with Crippen molar-refractivity contribution in [1.82, 2.24) is 0 Å². The van der Waals surface area contributed by atoms with Crippen molar-refractivity contribution in [1.29, 1.82) is 0 Å². The van der Waals surface area contributed by atoms with Gasteiger partial charge in [-0.15, -0.1) is 0 Å². The summed E-state index contributed by atoms with van der Waals surface area (Å²) in [4.78, 5) is 24.8. The number of amides is 1. The average Bonchev–Trinajstić information content (AvgIpc) is 2.36. The zero-order chi connectivity index (χ0) is 13.3. The largest absolute Gasteiger partial charge is 0.478 e. The maximum atomic E-state index is 12.1. The van der Waals surface area contributed by atoms with E-state index >= 15 is 0 Å². The molecule has 96 valence electrons. The van der Waals surface area contributed by atoms with E-state index in [0.717, 1.165) is 24.1 Å². The Morgan fingerprint density at radius 2 is 2.06 bits per heavy atom. The fourth-order valence-corrected chi connectivity index (χ4v) is 2.25. The van der Waals surface area contributed by atoms with Crippen LogP contribution in [0.4, 0.5) is 5.69 Å². The average molecular weight is 247 g/mol. The van der Waals surface area contributed by atoms with Crippen LogP contribution >= 0.6 is 0 Å². The predicted molar refractivity (Wildman–Crippen MR) is 68.9 cm³/mol. The lowest BCUT2D eigenvalue weighted by atomic mass is 9.98. The normalized spacial score (nSPS) is 14.5. The molecular formula is C14H17NO3. The summed E-state index contributed by atoms with van der Waals surface area (Å²) >= 11 is 0. The van der Waals surface area contributed by atoms with Crippen LogP contribution in [0.1, 0.15) is 36.2 Å². The topological polar surface area (TPSA) is 57.6 Å². The molecular weight excluding hydrogens is 230 g/mol. The molecule has 1 N–H and O–H groups in total. The number of anilines is 1. The number of aromatic carboxylic acids is 1. The number of carboxylic acids is 1. The van der Waals surface area contributed by atoms with Crippen LogP contribution in [0.25, 0.3) is 0 Å². The molecule has 1 aromatic rings. The summed E-state index contributed by atoms with van der Waals surface area (Å²) in [6.45, 7) is 4.39. The van der Waals surface area contributed by atoms with Gasteiger partial charge < -0.3 is 10.0 Å². The fourth-order valence-electron chi connectivity index (χ4n) is 2.25. The minimum atomic E-state index is -0.958. The van der Waals surface area contributed by atoms with Crippen LogP contribution in [0.15, 0.2) is 18.2 Å². The number of benzene rings is 1. The lowest BCUT2D eigenvalue weighted by molar-refractivity contribution is -0.121. The van der Waals surface area contributed by atoms with Gasteiger partial charge in [0.05, 0.1) is 5.56 Å². The number of rotatable bonds is 2. The van der Waals surface area contributed by atoms with Crippen LogP contribution in [0.3, 0.4) is 0 Å². The van der Waals surface area contributed by atoms with E-state index in [1.807, 2.05) is 19.9 Å². The second kappa shape index (κ2) is 4.80. The molecule has 2 rings (SSSR count). The van der Waals surface area contributed by atoms with E-state index in [0.29, 0.717) is 6.54 Å². The van der Waals surface area contributed by atoms with E-state index < -0.39 is 5.97 Å². The number of carbonyl (C=O) groups excluding carboxylic acids is 1. The lowest BCUT2D eigenvalue weighted by Gasteiger charge is -2.31. The van der Waals surface area contributed by atoms with Gasteiger partial charge in [-0.25, -0.2) is 4.79 Å². The predicted octanol–water partition coefficient (Wildman–Crippen LogP) is 2.32. The van der Waals surface area contributed by atoms with Crippen molar-refractivity contribution in [2.45, 2.75) is 26.7 Å². The van der Waals surface area contributed by atoms with E-state index in [1.54, 1.807) is 17.0 Å². The third kappa shape index (κ3) is 2.23. The molecule has 0 saturated carbocycles. The molecule has 0 aromatic heterocycles. The van der Waals surface area contributed by atoms with Crippen molar-refractivity contribution >= 4 is 17.6 Å². The number of carboxylic acid groups (broad SMARTS) is 1. The Balaban J connectivity index is 2.43. The van der Waals surface area contributed by atoms with E-state index in [2.05, 4.69) is 0 Å². The lowest BCUT2D eigenvalue weighted by Crippen LogP contribution is -2.38. The first kappa shape index (κ1) is 12.6. The summed E-state index contributed by atoms with van der Waals surface area (Å²) in [5.41, 5.74) is 2.05. The Bertz CT molecular complexity index is 494. The van der Waals surface area contributed by atoms with Gasteiger partial charge in [0.1, 0.15) is 0 Å². The maximum absolute atomic E-state index is 12.1. The first-order valence-electron chi connectivity index (χ1n) is 6.18. The Labute approximate surface area is 106 Å². The van der Waals surface area contributed by atoms with Crippen molar-refractivity contribution in [3.8, 4) is 0 Å². The molecule has 1 heterocycles. The molecule has 0 aliphatic carbocycles. The molecule has 1 aliphatic rings. The van der Waals surface area contributed by atoms with Gasteiger partial charge in [0.25, 0.3) is 0 Å². The first-order valence-corrected chi connectivity index (χ1v) is 6.18. The number of nitrogens with zero attached hydrogens (tertiary/aromatic N) is 1. The van der Waals surface area contributed by atoms with Gasteiger partial charge in [-0.1, -0.05) is 19.9 Å². The van der Waals surface area contributed by atoms with Crippen LogP contribution in [-0.2, 0) is 11.2 Å². The van der Waals surface area contributed by atoms with Gasteiger partial charge in [0.15, 0.2) is 0 Å². The molecule has 0 bridgehead atoms. The zero-order valence-corrected chi connectivity index (χ0v) is 10.6. The number of carbonyl (C=O) groups is 2. The van der Waals surface area contributed by atoms with Gasteiger partial charge >= 0.3 is 5.97 Å². The minimum absolute atomic E-state index is 0.0542. The summed E-state index contributed by atoms with van der Waals surface area (Å²) in [7, 11) is 0. The van der Waals surface area contributed by atoms with Crippen molar-refractivity contribution < 1.29 is 14.7 Å². The maximum Gasteiger partial charge on any atom is 0.335 e. The third-order valence-corrected chi connectivity index (χ3v) is 3.21. The standard InChI is InChI=1S/C14H17NO3/c1-9(2)13(16)15-7-3-4-10-5-6-11(14(17)18)8-12(10)15/h5-6,8-9H,3-4,7H2,1-2H3,(H,17,18). The summed E-state index contributed by atoms with van der Waals surface area (Å²) in [5, 5.41) is 9.02. The quantitative estimate of drug-likeness (QED) is 0.872. The number of hydrogen-bond donors (Lipinski definition) is 1. The van der Waals surface area contributed by atoms with E-state index in [1.165, 1.54) is 0 Å². The van der Waals surface area contributed by atoms with E-state index in [9.17, 15) is 9.59 Å². The van der Waals surface area contributed by atoms with Crippen molar-refractivity contribution in [2.24, 2.45) is 5.92 Å². The Kier molecular flexibility index (Phi) is 3.36. The minimum Gasteiger partial charge on any atom is -0.478 e. The molecule has 4 heteroatoms. The second-order valence-corrected chi connectivity index (χ2v) is 4.90. The summed E-state index contributed by atoms with van der Waals surface area (Å²) in [6, 6.07) is 5.03. The molecule has 0 fully saturated rings. The third-order valence-electron chi connectivity index (χ3n) is 3.21. The molecule has 0 unspecified atom stereocenters. The van der Waals surface area contributed by atoms with Crippen LogP contribution in [0, 0.1) is 5.92 Å². The Morgan fingerprint density at radius 1 is 1.33 bits per heavy atom. The summed E-state index contributed by atoms with van der Waals surface area (Å²) in [6.07, 6.45) is 1.83. The Hall–Kier alpha value is -1.84. The van der Waals surface area contributed by atoms with Crippen molar-refractivity contribution in [3.63, 3.8) is 0 Å². The molecule has 0 saturated heterocycles. The SMILES string of the molecule is CC(C)C(=O)N1CCCc2ccc(C(=O)O)cc21. The summed E-state index contributed by atoms with van der Waals surface area (Å²) < 4.78 is 0. The molecule has 0 radical (unpaired) electrons. The van der Waals surface area contributed by atoms with Gasteiger partial charge in [-0.2, -0.15) is 0 Å². The monoisotopic (exact) mass is 247 g/mol. The number of hydrogen-bond acceptors (Lipinski definition) is 2. The number of fused-ring (bicyclic) bond motifs is 1. The zero-order valence-electron chi connectivity index (χ0n) is 10.6. The molecule has 18 heavy (non-hydrogen) atoms. The molecule has 4 nitrogen and oxygen atoms in total. The Morgan fingerprint density at radius 3 is 2.67 bits per heavy atom. The second-order valence-electron chi connectivity index (χ2n) is 4.90. The van der Waals surface area contributed by atoms with Gasteiger partial charge in [-0.3, -0.25) is 4.79 Å². The van der Waals surface area contributed by atoms with Crippen molar-refractivity contribution in [3.05, 3.63) is 29.3 Å². The molecule has 0 atom stereocenters. The molecule has 0 spiro atoms. The van der Waals surface area contributed by atoms with Crippen LogP contribution in [0.2, 0.25) is 0 Å². The number of aryl methyl sites for hydroxylation is 1. The van der Waals surface area contributed by atoms with Crippen LogP contribution < -0.4 is 4.90 Å². The highest BCUT2D eigenvalue weighted by molar-refractivity contribution is 5.97. The highest BCUT2D eigenvalue weighted by Crippen LogP contribution is 2.29. The van der Waals surface area contributed by atoms with Gasteiger partial charge in [-0.05, 0) is 30.5 Å². The molecule has 1 amide bonds. The highest BCUT2D eigenvalue weighted by atomic mass is 16.4.